The molecule has 1 aliphatic rings. The number of methoxy groups -OCH3 is 1. The Bertz CT molecular complexity index is 317. The summed E-state index contributed by atoms with van der Waals surface area (Å²) in [5, 5.41) is 3.32. The highest BCUT2D eigenvalue weighted by Gasteiger charge is 2.14. The van der Waals surface area contributed by atoms with Crippen molar-refractivity contribution in [2.75, 3.05) is 19.0 Å². The van der Waals surface area contributed by atoms with Crippen LogP contribution >= 0.6 is 28.3 Å². The lowest BCUT2D eigenvalue weighted by Crippen LogP contribution is -1.91. The maximum absolute atomic E-state index is 5.16. The quantitative estimate of drug-likeness (QED) is 0.842. The molecule has 1 aliphatic heterocycles. The molecule has 0 bridgehead atoms. The zero-order chi connectivity index (χ0) is 8.55. The average molecular weight is 265 g/mol. The normalized spacial score (nSPS) is 12.8. The Hall–Kier alpha value is -0.410. The van der Waals surface area contributed by atoms with Gasteiger partial charge in [-0.25, -0.2) is 0 Å². The molecule has 72 valence electrons. The van der Waals surface area contributed by atoms with Gasteiger partial charge in [0, 0.05) is 11.0 Å². The summed E-state index contributed by atoms with van der Waals surface area (Å²) < 4.78 is 6.25. The molecule has 0 spiro atoms. The Labute approximate surface area is 92.2 Å². The fraction of sp³-hybridized carbons (Fsp3) is 0.333. The molecule has 1 heterocycles. The Morgan fingerprint density at radius 3 is 2.92 bits per heavy atom. The van der Waals surface area contributed by atoms with Gasteiger partial charge in [0.25, 0.3) is 0 Å². The van der Waals surface area contributed by atoms with Crippen LogP contribution in [0.15, 0.2) is 16.6 Å². The van der Waals surface area contributed by atoms with Gasteiger partial charge in [0.1, 0.15) is 5.75 Å². The van der Waals surface area contributed by atoms with Gasteiger partial charge in [-0.2, -0.15) is 0 Å². The number of anilines is 1. The molecule has 0 fully saturated rings. The predicted molar refractivity (Wildman–Crippen MR) is 60.1 cm³/mol. The molecule has 0 aromatic heterocycles. The maximum atomic E-state index is 5.16. The van der Waals surface area contributed by atoms with Gasteiger partial charge >= 0.3 is 0 Å². The molecule has 0 amide bonds. The van der Waals surface area contributed by atoms with E-state index in [0.29, 0.717) is 0 Å². The van der Waals surface area contributed by atoms with Crippen molar-refractivity contribution in [3.63, 3.8) is 0 Å². The van der Waals surface area contributed by atoms with Crippen LogP contribution in [0.1, 0.15) is 5.56 Å². The monoisotopic (exact) mass is 263 g/mol. The summed E-state index contributed by atoms with van der Waals surface area (Å²) in [6.45, 7) is 1.03. The van der Waals surface area contributed by atoms with Crippen LogP contribution in [0.4, 0.5) is 5.69 Å². The first-order valence-corrected chi connectivity index (χ1v) is 4.71. The molecule has 1 aromatic rings. The van der Waals surface area contributed by atoms with E-state index in [0.717, 1.165) is 23.2 Å². The van der Waals surface area contributed by atoms with Crippen LogP contribution in [0, 0.1) is 0 Å². The topological polar surface area (TPSA) is 21.3 Å². The summed E-state index contributed by atoms with van der Waals surface area (Å²) in [5.41, 5.74) is 2.55. The van der Waals surface area contributed by atoms with E-state index in [-0.39, 0.29) is 12.4 Å². The number of halogens is 2. The molecule has 0 radical (unpaired) electrons. The van der Waals surface area contributed by atoms with E-state index in [1.54, 1.807) is 7.11 Å². The van der Waals surface area contributed by atoms with E-state index in [4.69, 9.17) is 4.74 Å². The fourth-order valence-corrected chi connectivity index (χ4v) is 2.09. The van der Waals surface area contributed by atoms with Crippen molar-refractivity contribution in [2.24, 2.45) is 0 Å². The first-order chi connectivity index (χ1) is 5.81. The van der Waals surface area contributed by atoms with E-state index in [1.807, 2.05) is 6.07 Å². The molecule has 0 unspecified atom stereocenters. The number of benzene rings is 1. The third kappa shape index (κ3) is 1.92. The van der Waals surface area contributed by atoms with Crippen LogP contribution in [0.25, 0.3) is 0 Å². The smallest absolute Gasteiger partial charge is 0.120 e. The molecule has 0 aliphatic carbocycles. The van der Waals surface area contributed by atoms with Gasteiger partial charge in [0.2, 0.25) is 0 Å². The lowest BCUT2D eigenvalue weighted by molar-refractivity contribution is 0.414. The molecule has 2 nitrogen and oxygen atoms in total. The van der Waals surface area contributed by atoms with Crippen molar-refractivity contribution in [3.8, 4) is 5.75 Å². The van der Waals surface area contributed by atoms with Crippen molar-refractivity contribution in [1.29, 1.82) is 0 Å². The molecule has 2 rings (SSSR count). The van der Waals surface area contributed by atoms with Crippen LogP contribution in [0.5, 0.6) is 5.75 Å². The largest absolute Gasteiger partial charge is 0.497 e. The van der Waals surface area contributed by atoms with E-state index in [2.05, 4.69) is 27.3 Å². The van der Waals surface area contributed by atoms with Crippen LogP contribution in [0.2, 0.25) is 0 Å². The molecule has 0 atom stereocenters. The Morgan fingerprint density at radius 1 is 1.46 bits per heavy atom. The van der Waals surface area contributed by atoms with E-state index < -0.39 is 0 Å². The zero-order valence-corrected chi connectivity index (χ0v) is 9.67. The second-order valence-electron chi connectivity index (χ2n) is 2.82. The minimum atomic E-state index is 0. The first-order valence-electron chi connectivity index (χ1n) is 3.91. The van der Waals surface area contributed by atoms with Gasteiger partial charge in [-0.05, 0) is 40.0 Å². The summed E-state index contributed by atoms with van der Waals surface area (Å²) in [4.78, 5) is 0. The Kier molecular flexibility index (Phi) is 3.45. The average Bonchev–Trinajstić information content (AvgIpc) is 2.52. The summed E-state index contributed by atoms with van der Waals surface area (Å²) in [5.74, 6) is 0.921. The van der Waals surface area contributed by atoms with Crippen LogP contribution in [-0.2, 0) is 6.42 Å². The van der Waals surface area contributed by atoms with Crippen molar-refractivity contribution in [3.05, 3.63) is 22.2 Å². The number of hydrogen-bond acceptors (Lipinski definition) is 2. The Morgan fingerprint density at radius 2 is 2.23 bits per heavy atom. The molecular formula is C9H11BrClNO. The van der Waals surface area contributed by atoms with Gasteiger partial charge in [-0.1, -0.05) is 0 Å². The predicted octanol–water partition coefficient (Wildman–Crippen LogP) is 2.85. The van der Waals surface area contributed by atoms with Crippen LogP contribution in [-0.4, -0.2) is 13.7 Å². The summed E-state index contributed by atoms with van der Waals surface area (Å²) in [6.07, 6.45) is 1.09. The lowest BCUT2D eigenvalue weighted by atomic mass is 10.1. The van der Waals surface area contributed by atoms with E-state index >= 15 is 0 Å². The van der Waals surface area contributed by atoms with Gasteiger partial charge in [-0.3, -0.25) is 0 Å². The number of hydrogen-bond donors (Lipinski definition) is 1. The zero-order valence-electron chi connectivity index (χ0n) is 7.26. The molecular weight excluding hydrogens is 253 g/mol. The van der Waals surface area contributed by atoms with Gasteiger partial charge in [-0.15, -0.1) is 12.4 Å². The highest BCUT2D eigenvalue weighted by molar-refractivity contribution is 9.10. The van der Waals surface area contributed by atoms with Crippen LogP contribution < -0.4 is 10.1 Å². The standard InChI is InChI=1S/C9H10BrNO.ClH/c1-12-7-4-6-2-3-11-9(6)8(10)5-7;/h4-5,11H,2-3H2,1H3;1H. The molecule has 0 saturated heterocycles. The molecule has 1 N–H and O–H groups in total. The SMILES string of the molecule is COc1cc(Br)c2c(c1)CCN2.Cl. The Balaban J connectivity index is 0.000000845. The van der Waals surface area contributed by atoms with Gasteiger partial charge in [0.15, 0.2) is 0 Å². The van der Waals surface area contributed by atoms with Crippen molar-refractivity contribution in [2.45, 2.75) is 6.42 Å². The molecule has 13 heavy (non-hydrogen) atoms. The van der Waals surface area contributed by atoms with Gasteiger partial charge in [0.05, 0.1) is 12.8 Å². The minimum absolute atomic E-state index is 0. The molecule has 4 heteroatoms. The molecule has 0 saturated carbocycles. The van der Waals surface area contributed by atoms with E-state index in [1.165, 1.54) is 11.3 Å². The number of rotatable bonds is 1. The number of ether oxygens (including phenoxy) is 1. The van der Waals surface area contributed by atoms with Crippen molar-refractivity contribution < 1.29 is 4.74 Å². The van der Waals surface area contributed by atoms with Gasteiger partial charge < -0.3 is 10.1 Å². The summed E-state index contributed by atoms with van der Waals surface area (Å²) in [7, 11) is 1.69. The third-order valence-corrected chi connectivity index (χ3v) is 2.70. The second kappa shape index (κ2) is 4.20. The molecule has 1 aromatic carbocycles. The first kappa shape index (κ1) is 10.7. The highest BCUT2D eigenvalue weighted by atomic mass is 79.9. The fourth-order valence-electron chi connectivity index (χ4n) is 1.47. The summed E-state index contributed by atoms with van der Waals surface area (Å²) >= 11 is 3.50. The number of nitrogens with one attached hydrogen (secondary N) is 1. The van der Waals surface area contributed by atoms with Crippen molar-refractivity contribution >= 4 is 34.0 Å². The summed E-state index contributed by atoms with van der Waals surface area (Å²) in [6, 6.07) is 4.07. The third-order valence-electron chi connectivity index (χ3n) is 2.08. The lowest BCUT2D eigenvalue weighted by Gasteiger charge is -2.05. The number of fused-ring (bicyclic) bond motifs is 1. The van der Waals surface area contributed by atoms with Crippen LogP contribution in [0.3, 0.4) is 0 Å². The minimum Gasteiger partial charge on any atom is -0.497 e. The van der Waals surface area contributed by atoms with E-state index in [9.17, 15) is 0 Å². The maximum Gasteiger partial charge on any atom is 0.120 e. The second-order valence-corrected chi connectivity index (χ2v) is 3.67. The highest BCUT2D eigenvalue weighted by Crippen LogP contribution is 2.34. The van der Waals surface area contributed by atoms with Crippen molar-refractivity contribution in [1.82, 2.24) is 0 Å².